The molecule has 0 unspecified atom stereocenters. The van der Waals surface area contributed by atoms with E-state index < -0.39 is 0 Å². The lowest BCUT2D eigenvalue weighted by Crippen LogP contribution is -2.32. The first-order valence-electron chi connectivity index (χ1n) is 8.75. The number of amides is 2. The molecule has 2 amide bonds. The zero-order valence-electron chi connectivity index (χ0n) is 15.6. The van der Waals surface area contributed by atoms with Crippen molar-refractivity contribution >= 4 is 45.7 Å². The van der Waals surface area contributed by atoms with Crippen molar-refractivity contribution in [2.24, 2.45) is 0 Å². The van der Waals surface area contributed by atoms with E-state index in [-0.39, 0.29) is 24.8 Å². The number of carbonyl (C=O) groups is 2. The fourth-order valence-corrected chi connectivity index (χ4v) is 3.12. The summed E-state index contributed by atoms with van der Waals surface area (Å²) in [5, 5.41) is 4.29. The Balaban J connectivity index is 1.75. The topological polar surface area (TPSA) is 71.5 Å². The second-order valence-corrected chi connectivity index (χ2v) is 6.60. The predicted octanol–water partition coefficient (Wildman–Crippen LogP) is 4.28. The van der Waals surface area contributed by atoms with Crippen LogP contribution in [0.5, 0.6) is 5.75 Å². The van der Waals surface area contributed by atoms with Crippen LogP contribution in [0.15, 0.2) is 54.7 Å². The molecule has 1 aromatic heterocycles. The second kappa shape index (κ2) is 8.71. The number of hydrogen-bond acceptors (Lipinski definition) is 4. The Morgan fingerprint density at radius 3 is 2.71 bits per heavy atom. The molecule has 0 aliphatic rings. The Labute approximate surface area is 168 Å². The van der Waals surface area contributed by atoms with Gasteiger partial charge in [0.2, 0.25) is 11.8 Å². The van der Waals surface area contributed by atoms with Crippen LogP contribution in [0.2, 0.25) is 5.02 Å². The minimum Gasteiger partial charge on any atom is -0.495 e. The minimum atomic E-state index is -0.217. The van der Waals surface area contributed by atoms with Gasteiger partial charge in [-0.25, -0.2) is 0 Å². The quantitative estimate of drug-likeness (QED) is 0.673. The molecule has 2 aromatic carbocycles. The van der Waals surface area contributed by atoms with E-state index in [9.17, 15) is 9.59 Å². The molecule has 0 saturated heterocycles. The van der Waals surface area contributed by atoms with E-state index in [0.29, 0.717) is 22.1 Å². The van der Waals surface area contributed by atoms with Gasteiger partial charge >= 0.3 is 0 Å². The van der Waals surface area contributed by atoms with Gasteiger partial charge in [-0.1, -0.05) is 29.8 Å². The van der Waals surface area contributed by atoms with Crippen LogP contribution in [0, 0.1) is 0 Å². The Morgan fingerprint density at radius 1 is 1.18 bits per heavy atom. The zero-order valence-corrected chi connectivity index (χ0v) is 16.4. The monoisotopic (exact) mass is 397 g/mol. The molecule has 6 nitrogen and oxygen atoms in total. The Hall–Kier alpha value is -3.12. The molecule has 7 heteroatoms. The summed E-state index contributed by atoms with van der Waals surface area (Å²) in [6, 6.07) is 14.4. The van der Waals surface area contributed by atoms with Gasteiger partial charge in [0.25, 0.3) is 0 Å². The molecular weight excluding hydrogens is 378 g/mol. The molecule has 1 N–H and O–H groups in total. The summed E-state index contributed by atoms with van der Waals surface area (Å²) >= 11 is 6.07. The van der Waals surface area contributed by atoms with Crippen LogP contribution in [0.4, 0.5) is 11.4 Å². The number of benzene rings is 2. The van der Waals surface area contributed by atoms with E-state index >= 15 is 0 Å². The third-order valence-corrected chi connectivity index (χ3v) is 4.52. The number of pyridine rings is 1. The first kappa shape index (κ1) is 19.6. The van der Waals surface area contributed by atoms with E-state index in [1.807, 2.05) is 24.3 Å². The lowest BCUT2D eigenvalue weighted by Gasteiger charge is -2.23. The molecule has 3 aromatic rings. The van der Waals surface area contributed by atoms with Gasteiger partial charge in [0.15, 0.2) is 0 Å². The highest BCUT2D eigenvalue weighted by Gasteiger charge is 2.18. The molecule has 0 radical (unpaired) electrons. The van der Waals surface area contributed by atoms with Gasteiger partial charge < -0.3 is 15.0 Å². The van der Waals surface area contributed by atoms with Crippen LogP contribution < -0.4 is 15.0 Å². The van der Waals surface area contributed by atoms with E-state index in [1.54, 1.807) is 30.5 Å². The third kappa shape index (κ3) is 4.40. The highest BCUT2D eigenvalue weighted by Crippen LogP contribution is 2.31. The number of aromatic nitrogens is 1. The Morgan fingerprint density at radius 2 is 1.96 bits per heavy atom. The molecule has 0 saturated carbocycles. The fraction of sp³-hybridized carbons (Fsp3) is 0.190. The minimum absolute atomic E-state index is 0.110. The Kier molecular flexibility index (Phi) is 6.11. The van der Waals surface area contributed by atoms with Crippen LogP contribution in [0.25, 0.3) is 10.9 Å². The molecular formula is C21H20ClN3O3. The summed E-state index contributed by atoms with van der Waals surface area (Å²) in [5.41, 5.74) is 1.89. The number of nitrogens with zero attached hydrogens (tertiary/aromatic N) is 2. The van der Waals surface area contributed by atoms with Gasteiger partial charge in [-0.2, -0.15) is 0 Å². The molecule has 0 spiro atoms. The van der Waals surface area contributed by atoms with E-state index in [1.165, 1.54) is 18.9 Å². The number of nitrogens with one attached hydrogen (secondary N) is 1. The van der Waals surface area contributed by atoms with E-state index in [2.05, 4.69) is 10.3 Å². The molecule has 3 rings (SSSR count). The summed E-state index contributed by atoms with van der Waals surface area (Å²) in [6.45, 7) is 1.63. The molecule has 0 aliphatic heterocycles. The summed E-state index contributed by atoms with van der Waals surface area (Å²) in [7, 11) is 1.52. The normalized spacial score (nSPS) is 10.5. The third-order valence-electron chi connectivity index (χ3n) is 4.28. The number of methoxy groups -OCH3 is 1. The van der Waals surface area contributed by atoms with Crippen molar-refractivity contribution in [2.45, 2.75) is 13.3 Å². The number of carbonyl (C=O) groups excluding carboxylic acids is 2. The standard InChI is InChI=1S/C21H20ClN3O3/c1-14(26)25(18-13-16(22)8-9-19(18)28-2)12-10-20(27)24-17-7-3-5-15-6-4-11-23-21(15)17/h3-9,11,13H,10,12H2,1-2H3,(H,24,27). The van der Waals surface area contributed by atoms with Crippen molar-refractivity contribution < 1.29 is 14.3 Å². The fourth-order valence-electron chi connectivity index (χ4n) is 2.95. The summed E-state index contributed by atoms with van der Waals surface area (Å²) in [4.78, 5) is 30.5. The highest BCUT2D eigenvalue weighted by molar-refractivity contribution is 6.31. The number of halogens is 1. The van der Waals surface area contributed by atoms with Gasteiger partial charge in [0, 0.05) is 36.5 Å². The van der Waals surface area contributed by atoms with Gasteiger partial charge in [-0.05, 0) is 30.3 Å². The SMILES string of the molecule is COc1ccc(Cl)cc1N(CCC(=O)Nc1cccc2cccnc12)C(C)=O. The van der Waals surface area contributed by atoms with Gasteiger partial charge in [0.05, 0.1) is 24.0 Å². The second-order valence-electron chi connectivity index (χ2n) is 6.17. The molecule has 0 atom stereocenters. The predicted molar refractivity (Wildman–Crippen MR) is 111 cm³/mol. The lowest BCUT2D eigenvalue weighted by atomic mass is 10.2. The average Bonchev–Trinajstić information content (AvgIpc) is 2.68. The van der Waals surface area contributed by atoms with Gasteiger partial charge in [-0.15, -0.1) is 0 Å². The molecule has 0 bridgehead atoms. The van der Waals surface area contributed by atoms with Crippen LogP contribution in [-0.4, -0.2) is 30.5 Å². The lowest BCUT2D eigenvalue weighted by molar-refractivity contribution is -0.117. The molecule has 28 heavy (non-hydrogen) atoms. The van der Waals surface area contributed by atoms with Crippen LogP contribution in [0.3, 0.4) is 0 Å². The molecule has 0 fully saturated rings. The van der Waals surface area contributed by atoms with Gasteiger partial charge in [0.1, 0.15) is 5.75 Å². The largest absolute Gasteiger partial charge is 0.495 e. The highest BCUT2D eigenvalue weighted by atomic mass is 35.5. The van der Waals surface area contributed by atoms with Crippen molar-refractivity contribution in [2.75, 3.05) is 23.9 Å². The van der Waals surface area contributed by atoms with Crippen molar-refractivity contribution in [3.05, 3.63) is 59.8 Å². The maximum atomic E-state index is 12.5. The van der Waals surface area contributed by atoms with Gasteiger partial charge in [-0.3, -0.25) is 14.6 Å². The summed E-state index contributed by atoms with van der Waals surface area (Å²) < 4.78 is 5.32. The Bertz CT molecular complexity index is 1020. The molecule has 0 aliphatic carbocycles. The van der Waals surface area contributed by atoms with Crippen LogP contribution in [-0.2, 0) is 9.59 Å². The van der Waals surface area contributed by atoms with Crippen molar-refractivity contribution in [3.8, 4) is 5.75 Å². The average molecular weight is 398 g/mol. The number of para-hydroxylation sites is 1. The molecule has 1 heterocycles. The summed E-state index contributed by atoms with van der Waals surface area (Å²) in [5.74, 6) is 0.0869. The molecule has 144 valence electrons. The number of anilines is 2. The maximum absolute atomic E-state index is 12.5. The zero-order chi connectivity index (χ0) is 20.1. The number of ether oxygens (including phenoxy) is 1. The van der Waals surface area contributed by atoms with Crippen molar-refractivity contribution in [3.63, 3.8) is 0 Å². The number of fused-ring (bicyclic) bond motifs is 1. The van der Waals surface area contributed by atoms with E-state index in [4.69, 9.17) is 16.3 Å². The summed E-state index contributed by atoms with van der Waals surface area (Å²) in [6.07, 6.45) is 1.79. The maximum Gasteiger partial charge on any atom is 0.226 e. The van der Waals surface area contributed by atoms with Crippen LogP contribution in [0.1, 0.15) is 13.3 Å². The first-order valence-corrected chi connectivity index (χ1v) is 9.12. The first-order chi connectivity index (χ1) is 13.5. The smallest absolute Gasteiger partial charge is 0.226 e. The van der Waals surface area contributed by atoms with Crippen molar-refractivity contribution in [1.82, 2.24) is 4.98 Å². The van der Waals surface area contributed by atoms with Crippen LogP contribution >= 0.6 is 11.6 Å². The van der Waals surface area contributed by atoms with E-state index in [0.717, 1.165) is 10.9 Å². The number of hydrogen-bond donors (Lipinski definition) is 1. The number of rotatable bonds is 6. The van der Waals surface area contributed by atoms with Crippen molar-refractivity contribution in [1.29, 1.82) is 0 Å².